The molecule has 6 nitrogen and oxygen atoms in total. The Hall–Kier alpha value is -3.41. The molecule has 6 heteroatoms. The van der Waals surface area contributed by atoms with E-state index in [1.54, 1.807) is 12.4 Å². The van der Waals surface area contributed by atoms with Crippen LogP contribution in [0.5, 0.6) is 11.5 Å². The predicted octanol–water partition coefficient (Wildman–Crippen LogP) is 3.54. The van der Waals surface area contributed by atoms with Crippen LogP contribution in [0.15, 0.2) is 60.9 Å². The topological polar surface area (TPSA) is 73.3 Å². The largest absolute Gasteiger partial charge is 0.454 e. The van der Waals surface area contributed by atoms with Gasteiger partial charge < -0.3 is 14.8 Å². The van der Waals surface area contributed by atoms with E-state index < -0.39 is 5.54 Å². The number of ether oxygens (including phenoxy) is 2. The van der Waals surface area contributed by atoms with Crippen molar-refractivity contribution in [3.63, 3.8) is 0 Å². The van der Waals surface area contributed by atoms with E-state index in [2.05, 4.69) is 15.3 Å². The average molecular weight is 361 g/mol. The quantitative estimate of drug-likeness (QED) is 0.769. The van der Waals surface area contributed by atoms with Crippen LogP contribution in [0.4, 0.5) is 0 Å². The van der Waals surface area contributed by atoms with Gasteiger partial charge in [0.05, 0.1) is 11.1 Å². The van der Waals surface area contributed by atoms with Crippen LogP contribution < -0.4 is 14.8 Å². The molecule has 2 heterocycles. The van der Waals surface area contributed by atoms with Gasteiger partial charge in [-0.15, -0.1) is 0 Å². The third kappa shape index (κ3) is 3.46. The molecule has 1 aliphatic rings. The second-order valence-electron chi connectivity index (χ2n) is 6.81. The number of aromatic nitrogens is 2. The molecule has 0 spiro atoms. The van der Waals surface area contributed by atoms with Crippen molar-refractivity contribution < 1.29 is 14.3 Å². The highest BCUT2D eigenvalue weighted by Gasteiger charge is 2.26. The Bertz CT molecular complexity index is 970. The highest BCUT2D eigenvalue weighted by molar-refractivity contribution is 5.94. The molecule has 0 saturated heterocycles. The number of carbonyl (C=O) groups excluding carboxylic acids is 1. The van der Waals surface area contributed by atoms with Crippen LogP contribution in [-0.4, -0.2) is 22.7 Å². The summed E-state index contributed by atoms with van der Waals surface area (Å²) in [7, 11) is 0. The van der Waals surface area contributed by atoms with Gasteiger partial charge in [0.2, 0.25) is 6.79 Å². The van der Waals surface area contributed by atoms with E-state index in [1.807, 2.05) is 62.4 Å². The van der Waals surface area contributed by atoms with E-state index in [0.29, 0.717) is 22.9 Å². The third-order valence-corrected chi connectivity index (χ3v) is 4.47. The molecule has 2 aromatic carbocycles. The molecule has 0 atom stereocenters. The normalized spacial score (nSPS) is 12.7. The van der Waals surface area contributed by atoms with E-state index in [1.165, 1.54) is 0 Å². The fourth-order valence-electron chi connectivity index (χ4n) is 2.90. The van der Waals surface area contributed by atoms with Crippen molar-refractivity contribution in [3.8, 4) is 22.9 Å². The lowest BCUT2D eigenvalue weighted by molar-refractivity contribution is 0.0911. The number of hydrogen-bond acceptors (Lipinski definition) is 5. The molecule has 1 amide bonds. The molecular formula is C21H19N3O3. The van der Waals surface area contributed by atoms with Crippen molar-refractivity contribution in [1.82, 2.24) is 15.3 Å². The lowest BCUT2D eigenvalue weighted by Crippen LogP contribution is -2.41. The van der Waals surface area contributed by atoms with Gasteiger partial charge in [0.1, 0.15) is 0 Å². The van der Waals surface area contributed by atoms with Crippen molar-refractivity contribution in [2.24, 2.45) is 0 Å². The van der Waals surface area contributed by atoms with Crippen LogP contribution in [0.25, 0.3) is 11.4 Å². The van der Waals surface area contributed by atoms with Gasteiger partial charge in [-0.1, -0.05) is 36.4 Å². The van der Waals surface area contributed by atoms with E-state index in [4.69, 9.17) is 9.47 Å². The molecule has 1 aromatic heterocycles. The first-order chi connectivity index (χ1) is 13.0. The molecule has 0 aliphatic carbocycles. The summed E-state index contributed by atoms with van der Waals surface area (Å²) in [5.41, 5.74) is 1.63. The summed E-state index contributed by atoms with van der Waals surface area (Å²) >= 11 is 0. The Balaban J connectivity index is 1.51. The molecule has 0 saturated carbocycles. The zero-order chi connectivity index (χ0) is 18.9. The van der Waals surface area contributed by atoms with Crippen molar-refractivity contribution >= 4 is 5.91 Å². The van der Waals surface area contributed by atoms with Gasteiger partial charge in [0, 0.05) is 18.0 Å². The smallest absolute Gasteiger partial charge is 0.255 e. The number of rotatable bonds is 4. The van der Waals surface area contributed by atoms with Gasteiger partial charge in [0.15, 0.2) is 17.3 Å². The molecule has 0 fully saturated rings. The minimum Gasteiger partial charge on any atom is -0.454 e. The van der Waals surface area contributed by atoms with E-state index >= 15 is 0 Å². The van der Waals surface area contributed by atoms with Crippen molar-refractivity contribution in [3.05, 3.63) is 72.1 Å². The summed E-state index contributed by atoms with van der Waals surface area (Å²) in [5.74, 6) is 1.75. The maximum atomic E-state index is 12.7. The van der Waals surface area contributed by atoms with Crippen molar-refractivity contribution in [2.75, 3.05) is 6.79 Å². The maximum absolute atomic E-state index is 12.7. The van der Waals surface area contributed by atoms with Gasteiger partial charge >= 0.3 is 0 Å². The molecular weight excluding hydrogens is 342 g/mol. The lowest BCUT2D eigenvalue weighted by atomic mass is 9.93. The molecule has 27 heavy (non-hydrogen) atoms. The zero-order valence-electron chi connectivity index (χ0n) is 15.1. The number of hydrogen-bond donors (Lipinski definition) is 1. The number of amides is 1. The third-order valence-electron chi connectivity index (χ3n) is 4.47. The number of carbonyl (C=O) groups is 1. The van der Waals surface area contributed by atoms with Crippen LogP contribution in [0.3, 0.4) is 0 Å². The van der Waals surface area contributed by atoms with Crippen LogP contribution in [0, 0.1) is 0 Å². The molecule has 3 aromatic rings. The summed E-state index contributed by atoms with van der Waals surface area (Å²) < 4.78 is 10.8. The second kappa shape index (κ2) is 6.72. The van der Waals surface area contributed by atoms with Gasteiger partial charge in [0.25, 0.3) is 5.91 Å². The highest BCUT2D eigenvalue weighted by Crippen LogP contribution is 2.35. The van der Waals surface area contributed by atoms with Gasteiger partial charge in [-0.05, 0) is 31.5 Å². The Labute approximate surface area is 157 Å². The Morgan fingerprint density at radius 3 is 2.44 bits per heavy atom. The number of benzene rings is 2. The summed E-state index contributed by atoms with van der Waals surface area (Å²) in [5, 5.41) is 3.02. The molecule has 1 aliphatic heterocycles. The van der Waals surface area contributed by atoms with Crippen LogP contribution in [0.2, 0.25) is 0 Å². The summed E-state index contributed by atoms with van der Waals surface area (Å²) in [6, 6.07) is 15.3. The molecule has 0 radical (unpaired) electrons. The van der Waals surface area contributed by atoms with E-state index in [0.717, 1.165) is 11.1 Å². The first-order valence-corrected chi connectivity index (χ1v) is 8.63. The zero-order valence-corrected chi connectivity index (χ0v) is 15.1. The monoisotopic (exact) mass is 361 g/mol. The summed E-state index contributed by atoms with van der Waals surface area (Å²) in [4.78, 5) is 21.3. The van der Waals surface area contributed by atoms with Gasteiger partial charge in [-0.25, -0.2) is 9.97 Å². The molecule has 0 unspecified atom stereocenters. The number of fused-ring (bicyclic) bond motifs is 1. The number of nitrogens with zero attached hydrogens (tertiary/aromatic N) is 2. The molecule has 0 bridgehead atoms. The summed E-state index contributed by atoms with van der Waals surface area (Å²) in [6.07, 6.45) is 3.08. The first kappa shape index (κ1) is 17.0. The maximum Gasteiger partial charge on any atom is 0.255 e. The predicted molar refractivity (Wildman–Crippen MR) is 101 cm³/mol. The SMILES string of the molecule is CC(C)(NC(=O)c1cnc(-c2ccccc2)nc1)c1ccc2c(c1)OCO2. The van der Waals surface area contributed by atoms with Crippen molar-refractivity contribution in [2.45, 2.75) is 19.4 Å². The fourth-order valence-corrected chi connectivity index (χ4v) is 2.90. The minimum atomic E-state index is -0.601. The van der Waals surface area contributed by atoms with E-state index in [-0.39, 0.29) is 12.7 Å². The average Bonchev–Trinajstić information content (AvgIpc) is 3.16. The molecule has 4 rings (SSSR count). The number of nitrogens with one attached hydrogen (secondary N) is 1. The van der Waals surface area contributed by atoms with E-state index in [9.17, 15) is 4.79 Å². The van der Waals surface area contributed by atoms with Crippen molar-refractivity contribution in [1.29, 1.82) is 0 Å². The van der Waals surface area contributed by atoms with Crippen LogP contribution >= 0.6 is 0 Å². The standard InChI is InChI=1S/C21H19N3O3/c1-21(2,16-8-9-17-18(10-16)27-13-26-17)24-20(25)15-11-22-19(23-12-15)14-6-4-3-5-7-14/h3-12H,13H2,1-2H3,(H,24,25). The molecule has 1 N–H and O–H groups in total. The summed E-state index contributed by atoms with van der Waals surface area (Å²) in [6.45, 7) is 4.08. The van der Waals surface area contributed by atoms with Crippen LogP contribution in [-0.2, 0) is 5.54 Å². The second-order valence-corrected chi connectivity index (χ2v) is 6.81. The first-order valence-electron chi connectivity index (χ1n) is 8.63. The lowest BCUT2D eigenvalue weighted by Gasteiger charge is -2.27. The fraction of sp³-hybridized carbons (Fsp3) is 0.190. The minimum absolute atomic E-state index is 0.219. The highest BCUT2D eigenvalue weighted by atomic mass is 16.7. The molecule has 136 valence electrons. The van der Waals surface area contributed by atoms with Gasteiger partial charge in [-0.3, -0.25) is 4.79 Å². The Kier molecular flexibility index (Phi) is 4.24. The van der Waals surface area contributed by atoms with Gasteiger partial charge in [-0.2, -0.15) is 0 Å². The Morgan fingerprint density at radius 2 is 1.70 bits per heavy atom. The Morgan fingerprint density at radius 1 is 1.00 bits per heavy atom. The van der Waals surface area contributed by atoms with Crippen LogP contribution in [0.1, 0.15) is 29.8 Å².